The van der Waals surface area contributed by atoms with E-state index in [4.69, 9.17) is 4.74 Å². The van der Waals surface area contributed by atoms with Crippen LogP contribution in [0.1, 0.15) is 16.1 Å². The molecule has 2 N–H and O–H groups in total. The molecule has 0 saturated carbocycles. The Morgan fingerprint density at radius 2 is 1.86 bits per heavy atom. The monoisotopic (exact) mass is 395 g/mol. The van der Waals surface area contributed by atoms with Crippen LogP contribution in [0.2, 0.25) is 0 Å². The number of nitrogens with one attached hydrogen (secondary N) is 2. The van der Waals surface area contributed by atoms with E-state index < -0.39 is 17.6 Å². The van der Waals surface area contributed by atoms with E-state index >= 15 is 0 Å². The number of hydrogen-bond acceptors (Lipinski definition) is 6. The van der Waals surface area contributed by atoms with Gasteiger partial charge in [0, 0.05) is 26.2 Å². The normalized spacial score (nSPS) is 15.2. The number of para-hydroxylation sites is 1. The van der Waals surface area contributed by atoms with Crippen LogP contribution in [0.25, 0.3) is 0 Å². The second-order valence-electron chi connectivity index (χ2n) is 6.18. The van der Waals surface area contributed by atoms with Crippen molar-refractivity contribution in [3.63, 3.8) is 0 Å². The molecule has 0 atom stereocenters. The highest BCUT2D eigenvalue weighted by Crippen LogP contribution is 2.34. The third kappa shape index (κ3) is 5.40. The van der Waals surface area contributed by atoms with Crippen molar-refractivity contribution in [1.82, 2.24) is 15.1 Å². The molecule has 1 aliphatic heterocycles. The first-order valence-electron chi connectivity index (χ1n) is 8.79. The number of anilines is 2. The number of carbonyl (C=O) groups is 1. The maximum Gasteiger partial charge on any atom is 0.418 e. The number of ether oxygens (including phenoxy) is 1. The number of rotatable bonds is 6. The lowest BCUT2D eigenvalue weighted by molar-refractivity contribution is -0.136. The number of halogens is 3. The molecule has 1 aromatic carbocycles. The van der Waals surface area contributed by atoms with E-state index in [2.05, 4.69) is 25.7 Å². The van der Waals surface area contributed by atoms with Gasteiger partial charge in [-0.1, -0.05) is 12.1 Å². The minimum Gasteiger partial charge on any atom is -0.379 e. The SMILES string of the molecule is O=C(Nc1ccccc1C(F)(F)F)c1ccc(NCCN2CCOCC2)nn1. The van der Waals surface area contributed by atoms with Crippen LogP contribution in [-0.2, 0) is 10.9 Å². The van der Waals surface area contributed by atoms with Gasteiger partial charge in [-0.25, -0.2) is 0 Å². The molecule has 2 heterocycles. The lowest BCUT2D eigenvalue weighted by atomic mass is 10.1. The molecule has 3 rings (SSSR count). The highest BCUT2D eigenvalue weighted by molar-refractivity contribution is 6.03. The van der Waals surface area contributed by atoms with Gasteiger partial charge in [-0.15, -0.1) is 10.2 Å². The molecule has 2 aromatic rings. The summed E-state index contributed by atoms with van der Waals surface area (Å²) in [7, 11) is 0. The maximum absolute atomic E-state index is 13.0. The van der Waals surface area contributed by atoms with Crippen LogP contribution in [0.4, 0.5) is 24.7 Å². The first-order chi connectivity index (χ1) is 13.4. The summed E-state index contributed by atoms with van der Waals surface area (Å²) in [4.78, 5) is 14.5. The van der Waals surface area contributed by atoms with Crippen LogP contribution in [-0.4, -0.2) is 60.4 Å². The van der Waals surface area contributed by atoms with E-state index in [1.54, 1.807) is 6.07 Å². The summed E-state index contributed by atoms with van der Waals surface area (Å²) in [6.07, 6.45) is -4.57. The number of carbonyl (C=O) groups excluding carboxylic acids is 1. The Labute approximate surface area is 159 Å². The number of alkyl halides is 3. The van der Waals surface area contributed by atoms with Gasteiger partial charge in [0.2, 0.25) is 0 Å². The molecule has 7 nitrogen and oxygen atoms in total. The fourth-order valence-corrected chi connectivity index (χ4v) is 2.74. The fraction of sp³-hybridized carbons (Fsp3) is 0.389. The third-order valence-corrected chi connectivity index (χ3v) is 4.22. The van der Waals surface area contributed by atoms with Crippen LogP contribution in [0, 0.1) is 0 Å². The molecule has 10 heteroatoms. The molecule has 0 spiro atoms. The Morgan fingerprint density at radius 3 is 2.54 bits per heavy atom. The minimum absolute atomic E-state index is 0.0734. The van der Waals surface area contributed by atoms with Crippen LogP contribution in [0.5, 0.6) is 0 Å². The Kier molecular flexibility index (Phi) is 6.42. The Hall–Kier alpha value is -2.72. The summed E-state index contributed by atoms with van der Waals surface area (Å²) in [5.41, 5.74) is -1.32. The van der Waals surface area contributed by atoms with Gasteiger partial charge in [0.15, 0.2) is 5.69 Å². The van der Waals surface area contributed by atoms with Crippen molar-refractivity contribution in [2.24, 2.45) is 0 Å². The molecule has 1 fully saturated rings. The maximum atomic E-state index is 13.0. The van der Waals surface area contributed by atoms with Crippen molar-refractivity contribution >= 4 is 17.4 Å². The third-order valence-electron chi connectivity index (χ3n) is 4.22. The van der Waals surface area contributed by atoms with E-state index in [0.29, 0.717) is 12.4 Å². The van der Waals surface area contributed by atoms with Crippen LogP contribution in [0.3, 0.4) is 0 Å². The Morgan fingerprint density at radius 1 is 1.11 bits per heavy atom. The molecular weight excluding hydrogens is 375 g/mol. The van der Waals surface area contributed by atoms with E-state index in [9.17, 15) is 18.0 Å². The van der Waals surface area contributed by atoms with Crippen molar-refractivity contribution in [3.05, 3.63) is 47.7 Å². The molecular formula is C18H20F3N5O2. The lowest BCUT2D eigenvalue weighted by Gasteiger charge is -2.26. The summed E-state index contributed by atoms with van der Waals surface area (Å²) < 4.78 is 44.3. The number of aromatic nitrogens is 2. The first kappa shape index (κ1) is 20.0. The van der Waals surface area contributed by atoms with Crippen LogP contribution >= 0.6 is 0 Å². The largest absolute Gasteiger partial charge is 0.418 e. The standard InChI is InChI=1S/C18H20F3N5O2/c19-18(20,21)13-3-1-2-4-14(13)23-17(27)15-5-6-16(25-24-15)22-7-8-26-9-11-28-12-10-26/h1-6H,7-12H2,(H,22,25)(H,23,27). The summed E-state index contributed by atoms with van der Waals surface area (Å²) in [6.45, 7) is 4.68. The van der Waals surface area contributed by atoms with Crippen molar-refractivity contribution in [2.75, 3.05) is 50.0 Å². The molecule has 0 unspecified atom stereocenters. The predicted octanol–water partition coefficient (Wildman–Crippen LogP) is 2.49. The molecule has 1 aromatic heterocycles. The topological polar surface area (TPSA) is 79.4 Å². The smallest absolute Gasteiger partial charge is 0.379 e. The molecule has 0 radical (unpaired) electrons. The zero-order valence-corrected chi connectivity index (χ0v) is 15.0. The van der Waals surface area contributed by atoms with Crippen LogP contribution < -0.4 is 10.6 Å². The summed E-state index contributed by atoms with van der Waals surface area (Å²) in [6, 6.07) is 7.75. The van der Waals surface area contributed by atoms with Gasteiger partial charge < -0.3 is 15.4 Å². The van der Waals surface area contributed by atoms with Crippen molar-refractivity contribution in [3.8, 4) is 0 Å². The van der Waals surface area contributed by atoms with Gasteiger partial charge >= 0.3 is 6.18 Å². The van der Waals surface area contributed by atoms with Gasteiger partial charge in [0.25, 0.3) is 5.91 Å². The number of hydrogen-bond donors (Lipinski definition) is 2. The summed E-state index contributed by atoms with van der Waals surface area (Å²) >= 11 is 0. The molecule has 0 aliphatic carbocycles. The van der Waals surface area contributed by atoms with Crippen molar-refractivity contribution in [2.45, 2.75) is 6.18 Å². The highest BCUT2D eigenvalue weighted by Gasteiger charge is 2.33. The molecule has 1 saturated heterocycles. The average molecular weight is 395 g/mol. The van der Waals surface area contributed by atoms with Crippen molar-refractivity contribution in [1.29, 1.82) is 0 Å². The van der Waals surface area contributed by atoms with E-state index in [1.165, 1.54) is 24.3 Å². The Balaban J connectivity index is 1.55. The highest BCUT2D eigenvalue weighted by atomic mass is 19.4. The Bertz CT molecular complexity index is 793. The van der Waals surface area contributed by atoms with Gasteiger partial charge in [-0.3, -0.25) is 9.69 Å². The van der Waals surface area contributed by atoms with Gasteiger partial charge in [0.05, 0.1) is 24.5 Å². The number of nitrogens with zero attached hydrogens (tertiary/aromatic N) is 3. The molecule has 1 aliphatic rings. The number of morpholine rings is 1. The molecule has 28 heavy (non-hydrogen) atoms. The second kappa shape index (κ2) is 8.98. The van der Waals surface area contributed by atoms with Gasteiger partial charge in [-0.05, 0) is 24.3 Å². The first-order valence-corrected chi connectivity index (χ1v) is 8.79. The zero-order valence-electron chi connectivity index (χ0n) is 15.0. The average Bonchev–Trinajstić information content (AvgIpc) is 2.69. The number of amides is 1. The minimum atomic E-state index is -4.57. The molecule has 150 valence electrons. The van der Waals surface area contributed by atoms with Gasteiger partial charge in [0.1, 0.15) is 5.82 Å². The lowest BCUT2D eigenvalue weighted by Crippen LogP contribution is -2.39. The predicted molar refractivity (Wildman–Crippen MR) is 97.2 cm³/mol. The molecule has 0 bridgehead atoms. The van der Waals surface area contributed by atoms with E-state index in [1.807, 2.05) is 0 Å². The summed E-state index contributed by atoms with van der Waals surface area (Å²) in [5, 5.41) is 13.0. The van der Waals surface area contributed by atoms with Crippen molar-refractivity contribution < 1.29 is 22.7 Å². The van der Waals surface area contributed by atoms with E-state index in [0.717, 1.165) is 38.9 Å². The fourth-order valence-electron chi connectivity index (χ4n) is 2.74. The quantitative estimate of drug-likeness (QED) is 0.783. The summed E-state index contributed by atoms with van der Waals surface area (Å²) in [5.74, 6) is -0.274. The number of benzene rings is 1. The van der Waals surface area contributed by atoms with E-state index in [-0.39, 0.29) is 11.4 Å². The zero-order chi connectivity index (χ0) is 20.0. The van der Waals surface area contributed by atoms with Gasteiger partial charge in [-0.2, -0.15) is 13.2 Å². The van der Waals surface area contributed by atoms with Crippen LogP contribution in [0.15, 0.2) is 36.4 Å². The molecule has 1 amide bonds. The second-order valence-corrected chi connectivity index (χ2v) is 6.18.